The second-order valence-electron chi connectivity index (χ2n) is 5.41. The molecular formula is C16H17N5. The van der Waals surface area contributed by atoms with Gasteiger partial charge in [-0.25, -0.2) is 9.97 Å². The first kappa shape index (κ1) is 13.4. The summed E-state index contributed by atoms with van der Waals surface area (Å²) in [6.45, 7) is 2.62. The average Bonchev–Trinajstić information content (AvgIpc) is 3.30. The zero-order valence-corrected chi connectivity index (χ0v) is 12.0. The fourth-order valence-electron chi connectivity index (χ4n) is 2.31. The van der Waals surface area contributed by atoms with E-state index in [0.29, 0.717) is 17.7 Å². The van der Waals surface area contributed by atoms with Crippen LogP contribution in [0.15, 0.2) is 30.3 Å². The summed E-state index contributed by atoms with van der Waals surface area (Å²) in [5.74, 6) is 0.644. The number of anilines is 2. The van der Waals surface area contributed by atoms with Gasteiger partial charge in [-0.05, 0) is 43.5 Å². The highest BCUT2D eigenvalue weighted by atomic mass is 15.3. The van der Waals surface area contributed by atoms with Crippen LogP contribution in [0.2, 0.25) is 0 Å². The molecule has 0 atom stereocenters. The van der Waals surface area contributed by atoms with Crippen LogP contribution in [0.1, 0.15) is 29.8 Å². The standard InChI is InChI=1S/C16H17N5/c1-11-8-14(9-17)20-16(19-11)21(15-6-7-15)10-12-2-4-13(18)5-3-12/h2-5,8,15H,6-7,10,18H2,1H3. The van der Waals surface area contributed by atoms with Crippen LogP contribution in [-0.2, 0) is 6.54 Å². The number of nitrogens with two attached hydrogens (primary N) is 1. The van der Waals surface area contributed by atoms with Gasteiger partial charge in [-0.15, -0.1) is 0 Å². The van der Waals surface area contributed by atoms with Crippen LogP contribution in [-0.4, -0.2) is 16.0 Å². The molecule has 0 aliphatic heterocycles. The summed E-state index contributed by atoms with van der Waals surface area (Å²) in [5.41, 5.74) is 8.89. The summed E-state index contributed by atoms with van der Waals surface area (Å²) in [4.78, 5) is 11.0. The van der Waals surface area contributed by atoms with Gasteiger partial charge in [-0.2, -0.15) is 5.26 Å². The first-order valence-corrected chi connectivity index (χ1v) is 7.02. The molecule has 2 N–H and O–H groups in total. The first-order chi connectivity index (χ1) is 10.2. The van der Waals surface area contributed by atoms with Gasteiger partial charge in [0.25, 0.3) is 0 Å². The molecule has 106 valence electrons. The highest BCUT2D eigenvalue weighted by molar-refractivity contribution is 5.43. The molecule has 1 aromatic heterocycles. The highest BCUT2D eigenvalue weighted by Gasteiger charge is 2.31. The van der Waals surface area contributed by atoms with Crippen molar-refractivity contribution in [1.82, 2.24) is 9.97 Å². The second kappa shape index (κ2) is 5.41. The monoisotopic (exact) mass is 279 g/mol. The van der Waals surface area contributed by atoms with Crippen molar-refractivity contribution in [1.29, 1.82) is 5.26 Å². The van der Waals surface area contributed by atoms with Crippen molar-refractivity contribution in [2.45, 2.75) is 32.4 Å². The fraction of sp³-hybridized carbons (Fsp3) is 0.312. The molecule has 1 aromatic carbocycles. The average molecular weight is 279 g/mol. The minimum absolute atomic E-state index is 0.417. The Kier molecular flexibility index (Phi) is 3.44. The molecule has 1 heterocycles. The predicted octanol–water partition coefficient (Wildman–Crippen LogP) is 2.41. The zero-order chi connectivity index (χ0) is 14.8. The van der Waals surface area contributed by atoms with E-state index in [9.17, 15) is 0 Å². The molecular weight excluding hydrogens is 262 g/mol. The van der Waals surface area contributed by atoms with E-state index in [-0.39, 0.29) is 0 Å². The summed E-state index contributed by atoms with van der Waals surface area (Å²) in [7, 11) is 0. The highest BCUT2D eigenvalue weighted by Crippen LogP contribution is 2.31. The molecule has 1 saturated carbocycles. The van der Waals surface area contributed by atoms with Gasteiger partial charge >= 0.3 is 0 Å². The maximum absolute atomic E-state index is 9.07. The van der Waals surface area contributed by atoms with E-state index in [0.717, 1.165) is 30.8 Å². The number of hydrogen-bond acceptors (Lipinski definition) is 5. The maximum atomic E-state index is 9.07. The van der Waals surface area contributed by atoms with Gasteiger partial charge in [0.2, 0.25) is 5.95 Å². The smallest absolute Gasteiger partial charge is 0.227 e. The zero-order valence-electron chi connectivity index (χ0n) is 12.0. The van der Waals surface area contributed by atoms with E-state index in [1.54, 1.807) is 6.07 Å². The Labute approximate surface area is 124 Å². The number of nitrogen functional groups attached to an aromatic ring is 1. The molecule has 5 heteroatoms. The van der Waals surface area contributed by atoms with Crippen molar-refractivity contribution in [3.05, 3.63) is 47.3 Å². The van der Waals surface area contributed by atoms with E-state index in [1.807, 2.05) is 31.2 Å². The lowest BCUT2D eigenvalue weighted by Crippen LogP contribution is -2.27. The molecule has 3 rings (SSSR count). The first-order valence-electron chi connectivity index (χ1n) is 7.02. The molecule has 0 saturated heterocycles. The van der Waals surface area contributed by atoms with Gasteiger partial charge in [-0.3, -0.25) is 0 Å². The minimum atomic E-state index is 0.417. The number of nitriles is 1. The third-order valence-electron chi connectivity index (χ3n) is 3.53. The van der Waals surface area contributed by atoms with E-state index in [4.69, 9.17) is 11.0 Å². The van der Waals surface area contributed by atoms with Gasteiger partial charge in [0.05, 0.1) is 0 Å². The normalized spacial score (nSPS) is 13.7. The van der Waals surface area contributed by atoms with Crippen molar-refractivity contribution in [2.24, 2.45) is 0 Å². The fourth-order valence-corrected chi connectivity index (χ4v) is 2.31. The van der Waals surface area contributed by atoms with Crippen molar-refractivity contribution >= 4 is 11.6 Å². The number of rotatable bonds is 4. The topological polar surface area (TPSA) is 78.8 Å². The van der Waals surface area contributed by atoms with Crippen LogP contribution >= 0.6 is 0 Å². The summed E-state index contributed by atoms with van der Waals surface area (Å²) in [6.07, 6.45) is 2.29. The minimum Gasteiger partial charge on any atom is -0.399 e. The van der Waals surface area contributed by atoms with E-state index in [2.05, 4.69) is 20.9 Å². The Balaban J connectivity index is 1.90. The third kappa shape index (κ3) is 3.11. The van der Waals surface area contributed by atoms with Crippen molar-refractivity contribution in [3.8, 4) is 6.07 Å². The quantitative estimate of drug-likeness (QED) is 0.869. The Morgan fingerprint density at radius 2 is 2.00 bits per heavy atom. The lowest BCUT2D eigenvalue weighted by Gasteiger charge is -2.23. The van der Waals surface area contributed by atoms with Gasteiger partial charge < -0.3 is 10.6 Å². The largest absolute Gasteiger partial charge is 0.399 e. The molecule has 1 fully saturated rings. The molecule has 1 aliphatic carbocycles. The Hall–Kier alpha value is -2.61. The number of benzene rings is 1. The van der Waals surface area contributed by atoms with Crippen LogP contribution in [0, 0.1) is 18.3 Å². The Bertz CT molecular complexity index is 683. The Morgan fingerprint density at radius 3 is 2.62 bits per heavy atom. The summed E-state index contributed by atoms with van der Waals surface area (Å²) >= 11 is 0. The maximum Gasteiger partial charge on any atom is 0.227 e. The second-order valence-corrected chi connectivity index (χ2v) is 5.41. The van der Waals surface area contributed by atoms with E-state index < -0.39 is 0 Å². The summed E-state index contributed by atoms with van der Waals surface area (Å²) in [5, 5.41) is 9.07. The van der Waals surface area contributed by atoms with Crippen molar-refractivity contribution in [3.63, 3.8) is 0 Å². The van der Waals surface area contributed by atoms with Gasteiger partial charge in [0.1, 0.15) is 11.8 Å². The lowest BCUT2D eigenvalue weighted by atomic mass is 10.2. The Morgan fingerprint density at radius 1 is 1.29 bits per heavy atom. The summed E-state index contributed by atoms with van der Waals surface area (Å²) < 4.78 is 0. The van der Waals surface area contributed by atoms with Crippen LogP contribution in [0.5, 0.6) is 0 Å². The lowest BCUT2D eigenvalue weighted by molar-refractivity contribution is 0.754. The molecule has 0 unspecified atom stereocenters. The third-order valence-corrected chi connectivity index (χ3v) is 3.53. The van der Waals surface area contributed by atoms with Crippen molar-refractivity contribution < 1.29 is 0 Å². The summed E-state index contributed by atoms with van der Waals surface area (Å²) in [6, 6.07) is 12.1. The van der Waals surface area contributed by atoms with Gasteiger partial charge in [0, 0.05) is 24.0 Å². The van der Waals surface area contributed by atoms with Crippen LogP contribution < -0.4 is 10.6 Å². The van der Waals surface area contributed by atoms with E-state index in [1.165, 1.54) is 5.56 Å². The van der Waals surface area contributed by atoms with Crippen LogP contribution in [0.3, 0.4) is 0 Å². The van der Waals surface area contributed by atoms with Crippen molar-refractivity contribution in [2.75, 3.05) is 10.6 Å². The SMILES string of the molecule is Cc1cc(C#N)nc(N(Cc2ccc(N)cc2)C2CC2)n1. The predicted molar refractivity (Wildman–Crippen MR) is 81.5 cm³/mol. The van der Waals surface area contributed by atoms with Gasteiger partial charge in [0.15, 0.2) is 0 Å². The number of aromatic nitrogens is 2. The molecule has 0 spiro atoms. The number of hydrogen-bond donors (Lipinski definition) is 1. The molecule has 1 aliphatic rings. The molecule has 0 amide bonds. The van der Waals surface area contributed by atoms with E-state index >= 15 is 0 Å². The number of nitrogens with zero attached hydrogens (tertiary/aromatic N) is 4. The molecule has 0 bridgehead atoms. The van der Waals surface area contributed by atoms with Gasteiger partial charge in [-0.1, -0.05) is 12.1 Å². The van der Waals surface area contributed by atoms with Crippen LogP contribution in [0.4, 0.5) is 11.6 Å². The molecule has 0 radical (unpaired) electrons. The molecule has 5 nitrogen and oxygen atoms in total. The molecule has 21 heavy (non-hydrogen) atoms. The van der Waals surface area contributed by atoms with Crippen LogP contribution in [0.25, 0.3) is 0 Å². The number of aryl methyl sites for hydroxylation is 1. The molecule has 2 aromatic rings.